The van der Waals surface area contributed by atoms with E-state index in [0.29, 0.717) is 18.8 Å². The molecule has 3 aromatic rings. The van der Waals surface area contributed by atoms with Gasteiger partial charge in [-0.15, -0.1) is 13.2 Å². The van der Waals surface area contributed by atoms with Crippen LogP contribution in [-0.4, -0.2) is 28.8 Å². The molecule has 2 amide bonds. The third kappa shape index (κ3) is 3.69. The summed E-state index contributed by atoms with van der Waals surface area (Å²) >= 11 is 0. The highest BCUT2D eigenvalue weighted by atomic mass is 19.4. The minimum atomic E-state index is -4.74. The van der Waals surface area contributed by atoms with Crippen molar-refractivity contribution in [3.05, 3.63) is 59.8 Å². The molecule has 0 saturated carbocycles. The number of nitrogens with one attached hydrogen (secondary N) is 2. The van der Waals surface area contributed by atoms with Crippen molar-refractivity contribution >= 4 is 22.6 Å². The number of para-hydroxylation sites is 1. The number of aromatic nitrogens is 1. The number of hydrogen-bond donors (Lipinski definition) is 2. The molecule has 1 aromatic heterocycles. The number of aromatic amines is 1. The quantitative estimate of drug-likeness (QED) is 0.685. The topological polar surface area (TPSA) is 57.4 Å². The maximum absolute atomic E-state index is 12.5. The molecule has 0 atom stereocenters. The van der Waals surface area contributed by atoms with Crippen molar-refractivity contribution in [2.75, 3.05) is 11.9 Å². The molecule has 5 nitrogen and oxygen atoms in total. The molecule has 2 N–H and O–H groups in total. The first-order valence-corrected chi connectivity index (χ1v) is 8.39. The molecule has 0 spiro atoms. The standard InChI is InChI=1S/C19H16F3N3O2/c20-19(21,22)27-13-7-5-12(6-8-13)23-18(26)25-10-9-17-15(11-25)14-3-1-2-4-16(14)24-17/h1-8,24H,9-11H2,(H,23,26). The van der Waals surface area contributed by atoms with Crippen LogP contribution in [0.15, 0.2) is 48.5 Å². The van der Waals surface area contributed by atoms with E-state index >= 15 is 0 Å². The van der Waals surface area contributed by atoms with Crippen LogP contribution in [0.2, 0.25) is 0 Å². The van der Waals surface area contributed by atoms with Crippen LogP contribution in [0.5, 0.6) is 5.75 Å². The van der Waals surface area contributed by atoms with E-state index in [4.69, 9.17) is 0 Å². The molecular weight excluding hydrogens is 359 g/mol. The highest BCUT2D eigenvalue weighted by Gasteiger charge is 2.31. The Morgan fingerprint density at radius 1 is 1.11 bits per heavy atom. The second-order valence-corrected chi connectivity index (χ2v) is 6.30. The molecular formula is C19H16F3N3O2. The summed E-state index contributed by atoms with van der Waals surface area (Å²) in [6.45, 7) is 1.03. The Labute approximate surface area is 152 Å². The van der Waals surface area contributed by atoms with Crippen molar-refractivity contribution in [3.8, 4) is 5.75 Å². The molecule has 0 fully saturated rings. The van der Waals surface area contributed by atoms with Gasteiger partial charge in [-0.3, -0.25) is 0 Å². The molecule has 4 rings (SSSR count). The molecule has 8 heteroatoms. The van der Waals surface area contributed by atoms with E-state index in [-0.39, 0.29) is 11.8 Å². The Balaban J connectivity index is 1.45. The highest BCUT2D eigenvalue weighted by molar-refractivity contribution is 5.91. The van der Waals surface area contributed by atoms with Gasteiger partial charge in [0.1, 0.15) is 5.75 Å². The van der Waals surface area contributed by atoms with Crippen LogP contribution < -0.4 is 10.1 Å². The van der Waals surface area contributed by atoms with Gasteiger partial charge in [-0.2, -0.15) is 0 Å². The molecule has 0 saturated heterocycles. The number of fused-ring (bicyclic) bond motifs is 3. The van der Waals surface area contributed by atoms with Crippen molar-refractivity contribution in [1.29, 1.82) is 0 Å². The van der Waals surface area contributed by atoms with Gasteiger partial charge in [0.25, 0.3) is 0 Å². The number of nitrogens with zero attached hydrogens (tertiary/aromatic N) is 1. The molecule has 2 heterocycles. The Kier molecular flexibility index (Phi) is 4.18. The zero-order valence-corrected chi connectivity index (χ0v) is 14.1. The van der Waals surface area contributed by atoms with Gasteiger partial charge in [-0.1, -0.05) is 18.2 Å². The van der Waals surface area contributed by atoms with Crippen LogP contribution in [0.1, 0.15) is 11.3 Å². The number of halogens is 3. The number of rotatable bonds is 2. The van der Waals surface area contributed by atoms with E-state index < -0.39 is 6.36 Å². The number of hydrogen-bond acceptors (Lipinski definition) is 2. The second kappa shape index (κ2) is 6.53. The Hall–Kier alpha value is -3.16. The first-order chi connectivity index (χ1) is 12.9. The third-order valence-electron chi connectivity index (χ3n) is 4.51. The van der Waals surface area contributed by atoms with Crippen molar-refractivity contribution in [2.24, 2.45) is 0 Å². The van der Waals surface area contributed by atoms with Gasteiger partial charge in [0.05, 0.1) is 0 Å². The smallest absolute Gasteiger partial charge is 0.406 e. The number of carbonyl (C=O) groups is 1. The maximum Gasteiger partial charge on any atom is 0.573 e. The lowest BCUT2D eigenvalue weighted by atomic mass is 10.0. The van der Waals surface area contributed by atoms with Gasteiger partial charge in [-0.05, 0) is 30.3 Å². The number of urea groups is 1. The number of amides is 2. The summed E-state index contributed by atoms with van der Waals surface area (Å²) in [5, 5.41) is 3.81. The number of benzene rings is 2. The monoisotopic (exact) mass is 375 g/mol. The SMILES string of the molecule is O=C(Nc1ccc(OC(F)(F)F)cc1)N1CCc2[nH]c3ccccc3c2C1. The molecule has 0 radical (unpaired) electrons. The van der Waals surface area contributed by atoms with Gasteiger partial charge in [0, 0.05) is 47.4 Å². The minimum Gasteiger partial charge on any atom is -0.406 e. The summed E-state index contributed by atoms with van der Waals surface area (Å²) in [6.07, 6.45) is -4.02. The number of H-pyrrole nitrogens is 1. The Morgan fingerprint density at radius 3 is 2.59 bits per heavy atom. The van der Waals surface area contributed by atoms with Gasteiger partial charge >= 0.3 is 12.4 Å². The van der Waals surface area contributed by atoms with Crippen LogP contribution in [0, 0.1) is 0 Å². The lowest BCUT2D eigenvalue weighted by Gasteiger charge is -2.27. The normalized spacial score (nSPS) is 14.1. The van der Waals surface area contributed by atoms with E-state index in [1.165, 1.54) is 12.1 Å². The zero-order valence-electron chi connectivity index (χ0n) is 14.1. The number of alkyl halides is 3. The van der Waals surface area contributed by atoms with E-state index in [0.717, 1.165) is 40.7 Å². The lowest BCUT2D eigenvalue weighted by Crippen LogP contribution is -2.38. The van der Waals surface area contributed by atoms with Crippen molar-refractivity contribution in [1.82, 2.24) is 9.88 Å². The van der Waals surface area contributed by atoms with Gasteiger partial charge < -0.3 is 19.9 Å². The third-order valence-corrected chi connectivity index (χ3v) is 4.51. The molecule has 1 aliphatic rings. The summed E-state index contributed by atoms with van der Waals surface area (Å²) in [4.78, 5) is 17.6. The predicted octanol–water partition coefficient (Wildman–Crippen LogP) is 4.66. The minimum absolute atomic E-state index is 0.296. The van der Waals surface area contributed by atoms with Gasteiger partial charge in [0.2, 0.25) is 0 Å². The molecule has 0 aliphatic carbocycles. The van der Waals surface area contributed by atoms with Crippen molar-refractivity contribution in [2.45, 2.75) is 19.3 Å². The molecule has 2 aromatic carbocycles. The lowest BCUT2D eigenvalue weighted by molar-refractivity contribution is -0.274. The summed E-state index contributed by atoms with van der Waals surface area (Å²) in [6, 6.07) is 12.7. The average Bonchev–Trinajstić information content (AvgIpc) is 3.00. The predicted molar refractivity (Wildman–Crippen MR) is 94.6 cm³/mol. The number of ether oxygens (including phenoxy) is 1. The number of anilines is 1. The fourth-order valence-corrected chi connectivity index (χ4v) is 3.28. The fraction of sp³-hybridized carbons (Fsp3) is 0.211. The van der Waals surface area contributed by atoms with E-state index in [1.54, 1.807) is 4.90 Å². The van der Waals surface area contributed by atoms with E-state index in [2.05, 4.69) is 15.0 Å². The average molecular weight is 375 g/mol. The maximum atomic E-state index is 12.5. The Morgan fingerprint density at radius 2 is 1.85 bits per heavy atom. The van der Waals surface area contributed by atoms with Gasteiger partial charge in [0.15, 0.2) is 0 Å². The van der Waals surface area contributed by atoms with Crippen molar-refractivity contribution < 1.29 is 22.7 Å². The molecule has 140 valence electrons. The zero-order chi connectivity index (χ0) is 19.0. The summed E-state index contributed by atoms with van der Waals surface area (Å²) in [5.41, 5.74) is 3.68. The van der Waals surface area contributed by atoms with Crippen LogP contribution in [-0.2, 0) is 13.0 Å². The van der Waals surface area contributed by atoms with Crippen LogP contribution in [0.4, 0.5) is 23.7 Å². The Bertz CT molecular complexity index is 980. The van der Waals surface area contributed by atoms with Crippen LogP contribution in [0.25, 0.3) is 10.9 Å². The number of carbonyl (C=O) groups excluding carboxylic acids is 1. The highest BCUT2D eigenvalue weighted by Crippen LogP contribution is 2.28. The molecule has 0 bridgehead atoms. The van der Waals surface area contributed by atoms with Crippen molar-refractivity contribution in [3.63, 3.8) is 0 Å². The molecule has 27 heavy (non-hydrogen) atoms. The fourth-order valence-electron chi connectivity index (χ4n) is 3.28. The summed E-state index contributed by atoms with van der Waals surface area (Å²) in [7, 11) is 0. The largest absolute Gasteiger partial charge is 0.573 e. The first-order valence-electron chi connectivity index (χ1n) is 8.39. The summed E-state index contributed by atoms with van der Waals surface area (Å²) in [5.74, 6) is -0.332. The van der Waals surface area contributed by atoms with Crippen LogP contribution in [0.3, 0.4) is 0 Å². The van der Waals surface area contributed by atoms with Gasteiger partial charge in [-0.25, -0.2) is 4.79 Å². The molecule has 0 unspecified atom stereocenters. The van der Waals surface area contributed by atoms with Crippen LogP contribution >= 0.6 is 0 Å². The second-order valence-electron chi connectivity index (χ2n) is 6.30. The summed E-state index contributed by atoms with van der Waals surface area (Å²) < 4.78 is 40.4. The first kappa shape index (κ1) is 17.3. The molecule has 1 aliphatic heterocycles. The van der Waals surface area contributed by atoms with E-state index in [9.17, 15) is 18.0 Å². The van der Waals surface area contributed by atoms with E-state index in [1.807, 2.05) is 24.3 Å².